The third-order valence-electron chi connectivity index (χ3n) is 5.39. The number of hydrogen-bond donors (Lipinski definition) is 0. The molecule has 3 rings (SSSR count). The van der Waals surface area contributed by atoms with Crippen LogP contribution in [-0.4, -0.2) is 48.6 Å². The van der Waals surface area contributed by atoms with Crippen molar-refractivity contribution in [2.24, 2.45) is 0 Å². The number of anilines is 1. The number of halogens is 2. The Bertz CT molecular complexity index is 1020. The molecule has 2 aromatic carbocycles. The number of carbonyl (C=O) groups is 1. The summed E-state index contributed by atoms with van der Waals surface area (Å²) in [5.74, 6) is 0.856. The molecule has 0 saturated heterocycles. The van der Waals surface area contributed by atoms with Gasteiger partial charge in [-0.05, 0) is 62.3 Å². The van der Waals surface area contributed by atoms with Gasteiger partial charge in [0, 0.05) is 18.1 Å². The lowest BCUT2D eigenvalue weighted by Gasteiger charge is -2.24. The number of benzene rings is 2. The number of thiazole rings is 1. The highest BCUT2D eigenvalue weighted by Crippen LogP contribution is 2.33. The minimum absolute atomic E-state index is 0. The third kappa shape index (κ3) is 6.35. The predicted octanol–water partition coefficient (Wildman–Crippen LogP) is 6.00. The molecule has 0 aliphatic heterocycles. The van der Waals surface area contributed by atoms with Gasteiger partial charge in [0.2, 0.25) is 5.91 Å². The fourth-order valence-corrected chi connectivity index (χ4v) is 4.67. The SMILES string of the molecule is CCOc1ccc(CC(=O)N(CCN(CC)CC)c2nc3c(C)c(Cl)ccc3s2)cc1.Cl. The molecule has 1 heterocycles. The molecule has 0 spiro atoms. The fourth-order valence-electron chi connectivity index (χ4n) is 3.45. The largest absolute Gasteiger partial charge is 0.494 e. The maximum absolute atomic E-state index is 13.4. The third-order valence-corrected chi connectivity index (χ3v) is 6.85. The van der Waals surface area contributed by atoms with E-state index >= 15 is 0 Å². The standard InChI is InChI=1S/C24H30ClN3O2S.ClH/c1-5-27(6-2)14-15-28(22(29)16-18-8-10-19(11-9-18)30-7-3)24-26-23-17(4)20(25)12-13-21(23)31-24;/h8-13H,5-7,14-16H2,1-4H3;1H. The van der Waals surface area contributed by atoms with Crippen molar-refractivity contribution >= 4 is 56.6 Å². The smallest absolute Gasteiger partial charge is 0.233 e. The molecule has 0 aliphatic carbocycles. The van der Waals surface area contributed by atoms with Crippen LogP contribution in [0, 0.1) is 6.92 Å². The summed E-state index contributed by atoms with van der Waals surface area (Å²) < 4.78 is 6.55. The Hall–Kier alpha value is -1.86. The van der Waals surface area contributed by atoms with Crippen LogP contribution in [0.2, 0.25) is 5.02 Å². The summed E-state index contributed by atoms with van der Waals surface area (Å²) in [6.45, 7) is 12.1. The fraction of sp³-hybridized carbons (Fsp3) is 0.417. The number of hydrogen-bond acceptors (Lipinski definition) is 5. The molecule has 1 amide bonds. The number of rotatable bonds is 10. The average molecular weight is 497 g/mol. The van der Waals surface area contributed by atoms with Gasteiger partial charge < -0.3 is 9.64 Å². The van der Waals surface area contributed by atoms with E-state index in [4.69, 9.17) is 21.3 Å². The van der Waals surface area contributed by atoms with Crippen LogP contribution in [0.1, 0.15) is 31.9 Å². The van der Waals surface area contributed by atoms with Gasteiger partial charge in [-0.1, -0.05) is 48.9 Å². The molecule has 0 N–H and O–H groups in total. The van der Waals surface area contributed by atoms with Crippen molar-refractivity contribution in [2.45, 2.75) is 34.1 Å². The molecule has 0 radical (unpaired) electrons. The number of ether oxygens (including phenoxy) is 1. The number of likely N-dealkylation sites (N-methyl/N-ethyl adjacent to an activating group) is 1. The molecule has 8 heteroatoms. The van der Waals surface area contributed by atoms with Crippen LogP contribution in [0.3, 0.4) is 0 Å². The molecular formula is C24H31Cl2N3O2S. The highest BCUT2D eigenvalue weighted by Gasteiger charge is 2.21. The van der Waals surface area contributed by atoms with Crippen LogP contribution < -0.4 is 9.64 Å². The maximum atomic E-state index is 13.4. The van der Waals surface area contributed by atoms with Gasteiger partial charge in [0.1, 0.15) is 5.75 Å². The van der Waals surface area contributed by atoms with E-state index in [1.165, 1.54) is 11.3 Å². The Labute approximate surface area is 205 Å². The molecule has 0 bridgehead atoms. The Morgan fingerprint density at radius 2 is 1.75 bits per heavy atom. The van der Waals surface area contributed by atoms with E-state index in [-0.39, 0.29) is 18.3 Å². The molecule has 0 atom stereocenters. The van der Waals surface area contributed by atoms with Crippen LogP contribution >= 0.6 is 35.3 Å². The van der Waals surface area contributed by atoms with Crippen molar-refractivity contribution in [2.75, 3.05) is 37.7 Å². The lowest BCUT2D eigenvalue weighted by molar-refractivity contribution is -0.118. The first-order valence-corrected chi connectivity index (χ1v) is 12.0. The Morgan fingerprint density at radius 1 is 1.06 bits per heavy atom. The van der Waals surface area contributed by atoms with Crippen LogP contribution in [0.4, 0.5) is 5.13 Å². The summed E-state index contributed by atoms with van der Waals surface area (Å²) in [7, 11) is 0. The number of amides is 1. The molecular weight excluding hydrogens is 465 g/mol. The van der Waals surface area contributed by atoms with E-state index in [1.54, 1.807) is 0 Å². The van der Waals surface area contributed by atoms with Gasteiger partial charge in [0.15, 0.2) is 5.13 Å². The van der Waals surface area contributed by atoms with E-state index in [1.807, 2.05) is 55.1 Å². The minimum Gasteiger partial charge on any atom is -0.494 e. The Balaban J connectivity index is 0.00000363. The van der Waals surface area contributed by atoms with E-state index in [0.717, 1.165) is 51.9 Å². The van der Waals surface area contributed by atoms with Crippen molar-refractivity contribution in [3.05, 3.63) is 52.5 Å². The highest BCUT2D eigenvalue weighted by atomic mass is 35.5. The minimum atomic E-state index is 0. The number of aromatic nitrogens is 1. The first kappa shape index (κ1) is 26.4. The Kier molecular flexibility index (Phi) is 10.2. The normalized spacial score (nSPS) is 10.9. The predicted molar refractivity (Wildman–Crippen MR) is 138 cm³/mol. The second-order valence-electron chi connectivity index (χ2n) is 7.34. The van der Waals surface area contributed by atoms with Gasteiger partial charge in [0.25, 0.3) is 0 Å². The van der Waals surface area contributed by atoms with Crippen molar-refractivity contribution in [1.29, 1.82) is 0 Å². The second kappa shape index (κ2) is 12.4. The maximum Gasteiger partial charge on any atom is 0.233 e. The van der Waals surface area contributed by atoms with Gasteiger partial charge in [0.05, 0.1) is 23.2 Å². The first-order chi connectivity index (χ1) is 15.0. The summed E-state index contributed by atoms with van der Waals surface area (Å²) >= 11 is 7.83. The lowest BCUT2D eigenvalue weighted by atomic mass is 10.1. The number of fused-ring (bicyclic) bond motifs is 1. The van der Waals surface area contributed by atoms with Gasteiger partial charge in [-0.15, -0.1) is 12.4 Å². The summed E-state index contributed by atoms with van der Waals surface area (Å²) in [5, 5.41) is 1.42. The monoisotopic (exact) mass is 495 g/mol. The average Bonchev–Trinajstić information content (AvgIpc) is 3.20. The summed E-state index contributed by atoms with van der Waals surface area (Å²) in [6, 6.07) is 11.6. The van der Waals surface area contributed by atoms with Crippen molar-refractivity contribution in [3.63, 3.8) is 0 Å². The molecule has 0 fully saturated rings. The van der Waals surface area contributed by atoms with Crippen molar-refractivity contribution < 1.29 is 9.53 Å². The zero-order valence-corrected chi connectivity index (χ0v) is 21.4. The molecule has 0 saturated carbocycles. The van der Waals surface area contributed by atoms with Crippen LogP contribution in [-0.2, 0) is 11.2 Å². The van der Waals surface area contributed by atoms with E-state index < -0.39 is 0 Å². The molecule has 0 aliphatic rings. The zero-order valence-electron chi connectivity index (χ0n) is 19.1. The van der Waals surface area contributed by atoms with E-state index in [9.17, 15) is 4.79 Å². The molecule has 32 heavy (non-hydrogen) atoms. The highest BCUT2D eigenvalue weighted by molar-refractivity contribution is 7.22. The zero-order chi connectivity index (χ0) is 22.4. The summed E-state index contributed by atoms with van der Waals surface area (Å²) in [4.78, 5) is 22.3. The molecule has 174 valence electrons. The van der Waals surface area contributed by atoms with Crippen LogP contribution in [0.25, 0.3) is 10.2 Å². The van der Waals surface area contributed by atoms with E-state index in [0.29, 0.717) is 24.6 Å². The number of carbonyl (C=O) groups excluding carboxylic acids is 1. The van der Waals surface area contributed by atoms with Gasteiger partial charge in [-0.25, -0.2) is 4.98 Å². The topological polar surface area (TPSA) is 45.7 Å². The van der Waals surface area contributed by atoms with Crippen LogP contribution in [0.15, 0.2) is 36.4 Å². The van der Waals surface area contributed by atoms with Crippen molar-refractivity contribution in [1.82, 2.24) is 9.88 Å². The van der Waals surface area contributed by atoms with Crippen LogP contribution in [0.5, 0.6) is 5.75 Å². The Morgan fingerprint density at radius 3 is 2.38 bits per heavy atom. The van der Waals surface area contributed by atoms with E-state index in [2.05, 4.69) is 18.7 Å². The first-order valence-electron chi connectivity index (χ1n) is 10.8. The summed E-state index contributed by atoms with van der Waals surface area (Å²) in [6.07, 6.45) is 0.320. The molecule has 5 nitrogen and oxygen atoms in total. The molecule has 3 aromatic rings. The second-order valence-corrected chi connectivity index (χ2v) is 8.76. The van der Waals surface area contributed by atoms with Gasteiger partial charge in [-0.2, -0.15) is 0 Å². The summed E-state index contributed by atoms with van der Waals surface area (Å²) in [5.41, 5.74) is 2.78. The molecule has 0 unspecified atom stereocenters. The van der Waals surface area contributed by atoms with Gasteiger partial charge in [-0.3, -0.25) is 9.69 Å². The quantitative estimate of drug-likeness (QED) is 0.346. The number of nitrogens with zero attached hydrogens (tertiary/aromatic N) is 3. The van der Waals surface area contributed by atoms with Crippen molar-refractivity contribution in [3.8, 4) is 5.75 Å². The lowest BCUT2D eigenvalue weighted by Crippen LogP contribution is -2.39. The van der Waals surface area contributed by atoms with Gasteiger partial charge >= 0.3 is 0 Å². The number of aryl methyl sites for hydroxylation is 1. The molecule has 1 aromatic heterocycles.